The minimum atomic E-state index is -1.11. The Morgan fingerprint density at radius 1 is 1.35 bits per heavy atom. The van der Waals surface area contributed by atoms with E-state index in [0.717, 1.165) is 29.5 Å². The fourth-order valence-corrected chi connectivity index (χ4v) is 2.37. The number of hydrogen-bond acceptors (Lipinski definition) is 5. The van der Waals surface area contributed by atoms with E-state index in [0.29, 0.717) is 4.88 Å². The summed E-state index contributed by atoms with van der Waals surface area (Å²) < 4.78 is 31.0. The van der Waals surface area contributed by atoms with Gasteiger partial charge in [0.25, 0.3) is 5.06 Å². The molecule has 0 saturated carbocycles. The predicted octanol–water partition coefficient (Wildman–Crippen LogP) is 3.78. The van der Waals surface area contributed by atoms with E-state index in [2.05, 4.69) is 0 Å². The molecule has 5 nitrogen and oxygen atoms in total. The molecule has 1 atom stereocenters. The van der Waals surface area contributed by atoms with Crippen LogP contribution in [-0.2, 0) is 0 Å². The first-order valence-corrected chi connectivity index (χ1v) is 6.29. The molecule has 1 N–H and O–H groups in total. The Balaban J connectivity index is 2.36. The Labute approximate surface area is 116 Å². The highest BCUT2D eigenvalue weighted by Gasteiger charge is 2.23. The number of nitrogens with zero attached hydrogens (tertiary/aromatic N) is 1. The van der Waals surface area contributed by atoms with E-state index in [1.165, 1.54) is 13.0 Å². The molecule has 0 aliphatic carbocycles. The maximum absolute atomic E-state index is 13.0. The first-order chi connectivity index (χ1) is 9.38. The average molecular weight is 301 g/mol. The largest absolute Gasteiger partial charge is 0.440 e. The van der Waals surface area contributed by atoms with Crippen molar-refractivity contribution >= 4 is 17.0 Å². The Bertz CT molecular complexity index is 657. The van der Waals surface area contributed by atoms with E-state index >= 15 is 0 Å². The number of aliphatic hydroxyl groups is 1. The summed E-state index contributed by atoms with van der Waals surface area (Å²) in [5.41, 5.74) is -0.337. The number of benzene rings is 1. The highest BCUT2D eigenvalue weighted by molar-refractivity contribution is 7.14. The Morgan fingerprint density at radius 3 is 2.60 bits per heavy atom. The van der Waals surface area contributed by atoms with Crippen molar-refractivity contribution in [2.45, 2.75) is 13.0 Å². The monoisotopic (exact) mass is 301 g/mol. The van der Waals surface area contributed by atoms with E-state index in [-0.39, 0.29) is 16.5 Å². The fraction of sp³-hybridized carbons (Fsp3) is 0.167. The smallest absolute Gasteiger partial charge is 0.323 e. The van der Waals surface area contributed by atoms with Gasteiger partial charge in [-0.3, -0.25) is 10.1 Å². The summed E-state index contributed by atoms with van der Waals surface area (Å²) in [6.45, 7) is 1.46. The van der Waals surface area contributed by atoms with Crippen LogP contribution in [0, 0.1) is 21.7 Å². The third-order valence-electron chi connectivity index (χ3n) is 2.41. The second kappa shape index (κ2) is 5.51. The molecule has 0 aliphatic rings. The minimum Gasteiger partial charge on any atom is -0.440 e. The van der Waals surface area contributed by atoms with Gasteiger partial charge in [0.15, 0.2) is 11.6 Å². The van der Waals surface area contributed by atoms with Gasteiger partial charge in [-0.1, -0.05) is 11.3 Å². The normalized spacial score (nSPS) is 12.2. The van der Waals surface area contributed by atoms with Crippen LogP contribution in [0.15, 0.2) is 24.3 Å². The first-order valence-electron chi connectivity index (χ1n) is 5.47. The number of hydrogen-bond donors (Lipinski definition) is 1. The first kappa shape index (κ1) is 14.4. The van der Waals surface area contributed by atoms with E-state index in [1.54, 1.807) is 0 Å². The van der Waals surface area contributed by atoms with Gasteiger partial charge in [-0.25, -0.2) is 8.78 Å². The third-order valence-corrected chi connectivity index (χ3v) is 3.58. The van der Waals surface area contributed by atoms with Crippen LogP contribution >= 0.6 is 11.3 Å². The van der Waals surface area contributed by atoms with Gasteiger partial charge in [0.2, 0.25) is 0 Å². The third kappa shape index (κ3) is 2.91. The molecular formula is C12H9F2NO4S. The number of ether oxygens (including phenoxy) is 1. The van der Waals surface area contributed by atoms with Crippen molar-refractivity contribution in [3.05, 3.63) is 50.9 Å². The van der Waals surface area contributed by atoms with Crippen molar-refractivity contribution < 1.29 is 23.5 Å². The highest BCUT2D eigenvalue weighted by Crippen LogP contribution is 2.42. The van der Waals surface area contributed by atoms with E-state index in [4.69, 9.17) is 4.74 Å². The standard InChI is InChI=1S/C12H9F2NO4S/c1-6(16)11-5-10(15(17)18)12(20-11)19-7-2-3-8(13)9(14)4-7/h2-6,16H,1H3/t6-/m1/s1. The van der Waals surface area contributed by atoms with Gasteiger partial charge in [-0.05, 0) is 19.1 Å². The van der Waals surface area contributed by atoms with Gasteiger partial charge in [0.05, 0.1) is 11.0 Å². The second-order valence-electron chi connectivity index (χ2n) is 3.93. The SMILES string of the molecule is C[C@@H](O)c1cc([N+](=O)[O-])c(Oc2ccc(F)c(F)c2)s1. The van der Waals surface area contributed by atoms with Gasteiger partial charge >= 0.3 is 5.69 Å². The molecule has 0 radical (unpaired) electrons. The van der Waals surface area contributed by atoms with E-state index in [1.807, 2.05) is 0 Å². The molecule has 0 spiro atoms. The molecule has 1 aromatic carbocycles. The van der Waals surface area contributed by atoms with Crippen LogP contribution in [0.4, 0.5) is 14.5 Å². The lowest BCUT2D eigenvalue weighted by Crippen LogP contribution is -1.91. The zero-order chi connectivity index (χ0) is 14.9. The summed E-state index contributed by atoms with van der Waals surface area (Å²) in [5, 5.41) is 20.2. The summed E-state index contributed by atoms with van der Waals surface area (Å²) in [6, 6.07) is 4.00. The zero-order valence-electron chi connectivity index (χ0n) is 10.2. The Kier molecular flexibility index (Phi) is 3.96. The van der Waals surface area contributed by atoms with Crippen LogP contribution in [-0.4, -0.2) is 10.0 Å². The molecule has 1 aromatic heterocycles. The highest BCUT2D eigenvalue weighted by atomic mass is 32.1. The molecule has 0 bridgehead atoms. The van der Waals surface area contributed by atoms with Crippen LogP contribution in [0.1, 0.15) is 17.9 Å². The minimum absolute atomic E-state index is 0.0639. The van der Waals surface area contributed by atoms with Crippen LogP contribution in [0.5, 0.6) is 10.8 Å². The van der Waals surface area contributed by atoms with Gasteiger partial charge in [0, 0.05) is 17.0 Å². The molecule has 2 rings (SSSR count). The molecule has 0 amide bonds. The number of thiophene rings is 1. The zero-order valence-corrected chi connectivity index (χ0v) is 11.0. The quantitative estimate of drug-likeness (QED) is 0.689. The maximum Gasteiger partial charge on any atom is 0.323 e. The molecule has 20 heavy (non-hydrogen) atoms. The molecule has 0 aliphatic heterocycles. The van der Waals surface area contributed by atoms with Gasteiger partial charge in [0.1, 0.15) is 5.75 Å². The Morgan fingerprint density at radius 2 is 2.05 bits per heavy atom. The van der Waals surface area contributed by atoms with E-state index < -0.39 is 22.7 Å². The van der Waals surface area contributed by atoms with Crippen molar-refractivity contribution in [2.24, 2.45) is 0 Å². The molecular weight excluding hydrogens is 292 g/mol. The summed E-state index contributed by atoms with van der Waals surface area (Å²) in [4.78, 5) is 10.6. The van der Waals surface area contributed by atoms with Crippen LogP contribution in [0.3, 0.4) is 0 Å². The molecule has 1 heterocycles. The number of rotatable bonds is 4. The second-order valence-corrected chi connectivity index (χ2v) is 4.98. The number of aliphatic hydroxyl groups excluding tert-OH is 1. The molecule has 2 aromatic rings. The van der Waals surface area contributed by atoms with Gasteiger partial charge in [-0.15, -0.1) is 0 Å². The average Bonchev–Trinajstić information content (AvgIpc) is 2.78. The van der Waals surface area contributed by atoms with Crippen LogP contribution in [0.2, 0.25) is 0 Å². The van der Waals surface area contributed by atoms with Crippen LogP contribution in [0.25, 0.3) is 0 Å². The molecule has 8 heteroatoms. The van der Waals surface area contributed by atoms with Gasteiger partial charge < -0.3 is 9.84 Å². The lowest BCUT2D eigenvalue weighted by molar-refractivity contribution is -0.385. The molecule has 0 unspecified atom stereocenters. The maximum atomic E-state index is 13.0. The molecule has 0 saturated heterocycles. The molecule has 106 valence electrons. The summed E-state index contributed by atoms with van der Waals surface area (Å²) in [7, 11) is 0. The number of nitro groups is 1. The summed E-state index contributed by atoms with van der Waals surface area (Å²) in [5.74, 6) is -2.22. The van der Waals surface area contributed by atoms with Crippen molar-refractivity contribution in [3.8, 4) is 10.8 Å². The molecule has 0 fully saturated rings. The van der Waals surface area contributed by atoms with E-state index in [9.17, 15) is 24.0 Å². The lowest BCUT2D eigenvalue weighted by Gasteiger charge is -2.03. The topological polar surface area (TPSA) is 72.6 Å². The fourth-order valence-electron chi connectivity index (χ4n) is 1.44. The number of halogens is 2. The summed E-state index contributed by atoms with van der Waals surface area (Å²) >= 11 is 0.871. The van der Waals surface area contributed by atoms with Crippen molar-refractivity contribution in [1.29, 1.82) is 0 Å². The summed E-state index contributed by atoms with van der Waals surface area (Å²) in [6.07, 6.45) is -0.888. The Hall–Kier alpha value is -2.06. The van der Waals surface area contributed by atoms with Crippen molar-refractivity contribution in [1.82, 2.24) is 0 Å². The van der Waals surface area contributed by atoms with Gasteiger partial charge in [-0.2, -0.15) is 0 Å². The van der Waals surface area contributed by atoms with Crippen LogP contribution < -0.4 is 4.74 Å². The van der Waals surface area contributed by atoms with Crippen molar-refractivity contribution in [2.75, 3.05) is 0 Å². The lowest BCUT2D eigenvalue weighted by atomic mass is 10.3. The predicted molar refractivity (Wildman–Crippen MR) is 68.0 cm³/mol. The van der Waals surface area contributed by atoms with Crippen molar-refractivity contribution in [3.63, 3.8) is 0 Å².